The first kappa shape index (κ1) is 14.7. The van der Waals surface area contributed by atoms with Gasteiger partial charge in [-0.15, -0.1) is 0 Å². The summed E-state index contributed by atoms with van der Waals surface area (Å²) in [6, 6.07) is 5.41. The van der Waals surface area contributed by atoms with Crippen molar-refractivity contribution in [2.24, 2.45) is 0 Å². The standard InChI is InChI=1S/C13H10FN3O3S2/c1-20-10-5-8(14)6-11-12(10)16-13(21-11)17-22(18,19)9-3-2-4-15-7-9/h2-7H,1H3,(H,16,17). The van der Waals surface area contributed by atoms with Gasteiger partial charge in [0.15, 0.2) is 5.13 Å². The highest BCUT2D eigenvalue weighted by molar-refractivity contribution is 7.93. The number of hydrogen-bond acceptors (Lipinski definition) is 6. The number of nitrogens with zero attached hydrogens (tertiary/aromatic N) is 2. The van der Waals surface area contributed by atoms with Crippen molar-refractivity contribution in [3.8, 4) is 5.75 Å². The number of sulfonamides is 1. The van der Waals surface area contributed by atoms with E-state index >= 15 is 0 Å². The Balaban J connectivity index is 2.01. The van der Waals surface area contributed by atoms with Gasteiger partial charge in [0.25, 0.3) is 10.0 Å². The molecule has 0 bridgehead atoms. The summed E-state index contributed by atoms with van der Waals surface area (Å²) in [5.74, 6) is -0.229. The molecular formula is C13H10FN3O3S2. The van der Waals surface area contributed by atoms with E-state index in [1.54, 1.807) is 0 Å². The molecule has 1 aromatic carbocycles. The molecule has 0 amide bonds. The molecule has 0 fully saturated rings. The van der Waals surface area contributed by atoms with Gasteiger partial charge < -0.3 is 4.74 Å². The molecule has 0 unspecified atom stereocenters. The second-order valence-corrected chi connectivity index (χ2v) is 6.98. The van der Waals surface area contributed by atoms with Crippen molar-refractivity contribution in [3.63, 3.8) is 0 Å². The highest BCUT2D eigenvalue weighted by atomic mass is 32.2. The zero-order valence-corrected chi connectivity index (χ0v) is 12.9. The molecule has 114 valence electrons. The molecule has 0 aliphatic carbocycles. The van der Waals surface area contributed by atoms with Crippen LogP contribution in [-0.4, -0.2) is 25.5 Å². The molecule has 6 nitrogen and oxygen atoms in total. The van der Waals surface area contributed by atoms with Gasteiger partial charge in [-0.2, -0.15) is 0 Å². The fourth-order valence-electron chi connectivity index (χ4n) is 1.85. The summed E-state index contributed by atoms with van der Waals surface area (Å²) in [7, 11) is -2.39. The average molecular weight is 339 g/mol. The third kappa shape index (κ3) is 2.72. The van der Waals surface area contributed by atoms with Gasteiger partial charge in [0, 0.05) is 18.5 Å². The topological polar surface area (TPSA) is 81.2 Å². The van der Waals surface area contributed by atoms with Gasteiger partial charge in [-0.3, -0.25) is 9.71 Å². The number of benzene rings is 1. The van der Waals surface area contributed by atoms with Crippen LogP contribution in [0.25, 0.3) is 10.2 Å². The van der Waals surface area contributed by atoms with E-state index in [-0.39, 0.29) is 15.8 Å². The van der Waals surface area contributed by atoms with Crippen molar-refractivity contribution in [3.05, 3.63) is 42.5 Å². The molecule has 0 saturated carbocycles. The predicted octanol–water partition coefficient (Wildman–Crippen LogP) is 2.64. The summed E-state index contributed by atoms with van der Waals surface area (Å²) in [5, 5.41) is 0.128. The summed E-state index contributed by atoms with van der Waals surface area (Å²) in [6.45, 7) is 0. The van der Waals surface area contributed by atoms with E-state index in [1.807, 2.05) is 0 Å². The maximum absolute atomic E-state index is 13.4. The normalized spacial score (nSPS) is 11.5. The van der Waals surface area contributed by atoms with Crippen molar-refractivity contribution >= 4 is 36.7 Å². The van der Waals surface area contributed by atoms with Gasteiger partial charge in [0.2, 0.25) is 0 Å². The number of thiazole rings is 1. The fourth-order valence-corrected chi connectivity index (χ4v) is 3.95. The van der Waals surface area contributed by atoms with Crippen LogP contribution >= 0.6 is 11.3 Å². The van der Waals surface area contributed by atoms with Crippen molar-refractivity contribution in [2.75, 3.05) is 11.8 Å². The minimum absolute atomic E-state index is 0.0207. The van der Waals surface area contributed by atoms with Crippen molar-refractivity contribution in [1.29, 1.82) is 0 Å². The van der Waals surface area contributed by atoms with Crippen LogP contribution in [0.2, 0.25) is 0 Å². The van der Waals surface area contributed by atoms with E-state index in [0.29, 0.717) is 10.2 Å². The summed E-state index contributed by atoms with van der Waals surface area (Å²) in [4.78, 5) is 7.94. The zero-order valence-electron chi connectivity index (χ0n) is 11.3. The quantitative estimate of drug-likeness (QED) is 0.790. The average Bonchev–Trinajstić information content (AvgIpc) is 2.88. The number of pyridine rings is 1. The van der Waals surface area contributed by atoms with Crippen molar-refractivity contribution in [1.82, 2.24) is 9.97 Å². The van der Waals surface area contributed by atoms with E-state index in [1.165, 1.54) is 43.8 Å². The van der Waals surface area contributed by atoms with E-state index in [2.05, 4.69) is 14.7 Å². The molecule has 0 radical (unpaired) electrons. The molecule has 0 spiro atoms. The molecule has 0 aliphatic rings. The summed E-state index contributed by atoms with van der Waals surface area (Å²) < 4.78 is 45.8. The Labute approximate surface area is 129 Å². The van der Waals surface area contributed by atoms with Gasteiger partial charge in [-0.1, -0.05) is 11.3 Å². The SMILES string of the molecule is COc1cc(F)cc2sc(NS(=O)(=O)c3cccnc3)nc12. The molecule has 9 heteroatoms. The Hall–Kier alpha value is -2.26. The predicted molar refractivity (Wildman–Crippen MR) is 81.2 cm³/mol. The Kier molecular flexibility index (Phi) is 3.67. The Bertz CT molecular complexity index is 926. The largest absolute Gasteiger partial charge is 0.494 e. The lowest BCUT2D eigenvalue weighted by Crippen LogP contribution is -2.12. The smallest absolute Gasteiger partial charge is 0.265 e. The van der Waals surface area contributed by atoms with Gasteiger partial charge >= 0.3 is 0 Å². The van der Waals surface area contributed by atoms with Crippen LogP contribution < -0.4 is 9.46 Å². The number of anilines is 1. The molecule has 0 aliphatic heterocycles. The minimum Gasteiger partial charge on any atom is -0.494 e. The highest BCUT2D eigenvalue weighted by Crippen LogP contribution is 2.34. The molecule has 3 rings (SSSR count). The lowest BCUT2D eigenvalue weighted by atomic mass is 10.3. The number of rotatable bonds is 4. The highest BCUT2D eigenvalue weighted by Gasteiger charge is 2.18. The number of halogens is 1. The van der Waals surface area contributed by atoms with Crippen LogP contribution in [0, 0.1) is 5.82 Å². The van der Waals surface area contributed by atoms with Gasteiger partial charge in [0.1, 0.15) is 22.0 Å². The van der Waals surface area contributed by atoms with Crippen LogP contribution in [0.4, 0.5) is 9.52 Å². The van der Waals surface area contributed by atoms with Gasteiger partial charge in [-0.25, -0.2) is 17.8 Å². The van der Waals surface area contributed by atoms with Gasteiger partial charge in [-0.05, 0) is 18.2 Å². The summed E-state index contributed by atoms with van der Waals surface area (Å²) >= 11 is 1.02. The molecule has 0 atom stereocenters. The van der Waals surface area contributed by atoms with Crippen molar-refractivity contribution in [2.45, 2.75) is 4.90 Å². The lowest BCUT2D eigenvalue weighted by Gasteiger charge is -2.03. The molecule has 1 N–H and O–H groups in total. The molecular weight excluding hydrogens is 329 g/mol. The number of methoxy groups -OCH3 is 1. The third-order valence-corrected chi connectivity index (χ3v) is 5.18. The van der Waals surface area contributed by atoms with Crippen molar-refractivity contribution < 1.29 is 17.5 Å². The van der Waals surface area contributed by atoms with Crippen LogP contribution in [0.5, 0.6) is 5.75 Å². The Morgan fingerprint density at radius 2 is 2.18 bits per heavy atom. The maximum Gasteiger partial charge on any atom is 0.265 e. The van der Waals surface area contributed by atoms with E-state index in [0.717, 1.165) is 11.3 Å². The van der Waals surface area contributed by atoms with E-state index in [4.69, 9.17) is 4.74 Å². The lowest BCUT2D eigenvalue weighted by molar-refractivity contribution is 0.416. The minimum atomic E-state index is -3.79. The number of nitrogens with one attached hydrogen (secondary N) is 1. The van der Waals surface area contributed by atoms with Crippen LogP contribution in [0.1, 0.15) is 0 Å². The molecule has 22 heavy (non-hydrogen) atoms. The first-order valence-electron chi connectivity index (χ1n) is 6.06. The second-order valence-electron chi connectivity index (χ2n) is 4.27. The summed E-state index contributed by atoms with van der Waals surface area (Å²) in [5.41, 5.74) is 0.401. The number of fused-ring (bicyclic) bond motifs is 1. The first-order valence-corrected chi connectivity index (χ1v) is 8.36. The second kappa shape index (κ2) is 5.50. The monoisotopic (exact) mass is 339 g/mol. The molecule has 3 aromatic rings. The molecule has 0 saturated heterocycles. The van der Waals surface area contributed by atoms with Crippen LogP contribution in [-0.2, 0) is 10.0 Å². The van der Waals surface area contributed by atoms with Gasteiger partial charge in [0.05, 0.1) is 11.8 Å². The maximum atomic E-state index is 13.4. The fraction of sp³-hybridized carbons (Fsp3) is 0.0769. The third-order valence-electron chi connectivity index (χ3n) is 2.81. The number of hydrogen-bond donors (Lipinski definition) is 1. The van der Waals surface area contributed by atoms with E-state index in [9.17, 15) is 12.8 Å². The first-order chi connectivity index (χ1) is 10.5. The van der Waals surface area contributed by atoms with E-state index < -0.39 is 15.8 Å². The zero-order chi connectivity index (χ0) is 15.7. The molecule has 2 heterocycles. The van der Waals surface area contributed by atoms with Crippen LogP contribution in [0.15, 0.2) is 41.6 Å². The Morgan fingerprint density at radius 3 is 2.86 bits per heavy atom. The Morgan fingerprint density at radius 1 is 1.36 bits per heavy atom. The number of ether oxygens (including phenoxy) is 1. The molecule has 2 aromatic heterocycles. The number of aromatic nitrogens is 2. The van der Waals surface area contributed by atoms with Crippen LogP contribution in [0.3, 0.4) is 0 Å². The summed E-state index contributed by atoms with van der Waals surface area (Å²) in [6.07, 6.45) is 2.71.